The summed E-state index contributed by atoms with van der Waals surface area (Å²) in [5.41, 5.74) is -0.268. The highest BCUT2D eigenvalue weighted by Crippen LogP contribution is 2.12. The predicted molar refractivity (Wildman–Crippen MR) is 75.4 cm³/mol. The van der Waals surface area contributed by atoms with E-state index in [0.29, 0.717) is 12.0 Å². The van der Waals surface area contributed by atoms with E-state index in [-0.39, 0.29) is 35.3 Å². The van der Waals surface area contributed by atoms with Gasteiger partial charge in [-0.3, -0.25) is 9.36 Å². The molecule has 0 aromatic carbocycles. The van der Waals surface area contributed by atoms with E-state index < -0.39 is 9.84 Å². The van der Waals surface area contributed by atoms with Crippen molar-refractivity contribution in [2.75, 3.05) is 11.5 Å². The summed E-state index contributed by atoms with van der Waals surface area (Å²) in [5.74, 6) is 0.353. The van der Waals surface area contributed by atoms with Crippen LogP contribution in [-0.2, 0) is 30.5 Å². The Labute approximate surface area is 117 Å². The molecule has 1 aliphatic heterocycles. The molecule has 20 heavy (non-hydrogen) atoms. The summed E-state index contributed by atoms with van der Waals surface area (Å²) in [7, 11) is 0.0390. The van der Waals surface area contributed by atoms with E-state index in [9.17, 15) is 18.0 Å². The smallest absolute Gasteiger partial charge is 0.309 e. The molecule has 2 rings (SSSR count). The number of nitrogens with one attached hydrogen (secondary N) is 1. The first-order chi connectivity index (χ1) is 9.30. The van der Waals surface area contributed by atoms with Crippen molar-refractivity contribution in [2.45, 2.75) is 25.4 Å². The van der Waals surface area contributed by atoms with Gasteiger partial charge in [0.2, 0.25) is 0 Å². The summed E-state index contributed by atoms with van der Waals surface area (Å²) in [6.45, 7) is 0.265. The van der Waals surface area contributed by atoms with Crippen molar-refractivity contribution in [1.29, 1.82) is 0 Å². The first-order valence-corrected chi connectivity index (χ1v) is 8.31. The third kappa shape index (κ3) is 3.18. The van der Waals surface area contributed by atoms with E-state index >= 15 is 0 Å². The van der Waals surface area contributed by atoms with Crippen molar-refractivity contribution in [1.82, 2.24) is 14.5 Å². The number of nitrogens with zero attached hydrogens (tertiary/aromatic N) is 2. The minimum atomic E-state index is -2.97. The number of aromatic nitrogens is 2. The lowest BCUT2D eigenvalue weighted by atomic mass is 10.2. The van der Waals surface area contributed by atoms with Gasteiger partial charge in [-0.1, -0.05) is 0 Å². The van der Waals surface area contributed by atoms with Gasteiger partial charge in [0.1, 0.15) is 0 Å². The van der Waals surface area contributed by atoms with Crippen molar-refractivity contribution in [2.24, 2.45) is 14.1 Å². The van der Waals surface area contributed by atoms with Gasteiger partial charge in [0, 0.05) is 38.4 Å². The molecule has 112 valence electrons. The van der Waals surface area contributed by atoms with Crippen molar-refractivity contribution in [3.63, 3.8) is 0 Å². The van der Waals surface area contributed by atoms with Crippen LogP contribution < -0.4 is 16.6 Å². The maximum Gasteiger partial charge on any atom is 0.330 e. The summed E-state index contributed by atoms with van der Waals surface area (Å²) in [6, 6.07) is -0.129. The Morgan fingerprint density at radius 1 is 1.35 bits per heavy atom. The molecule has 1 atom stereocenters. The van der Waals surface area contributed by atoms with E-state index in [1.165, 1.54) is 17.8 Å². The Balaban J connectivity index is 2.12. The summed E-state index contributed by atoms with van der Waals surface area (Å²) in [5, 5.41) is 3.10. The first kappa shape index (κ1) is 15.0. The molecule has 1 aliphatic rings. The fourth-order valence-corrected chi connectivity index (χ4v) is 4.11. The highest BCUT2D eigenvalue weighted by atomic mass is 32.2. The molecule has 0 bridgehead atoms. The highest BCUT2D eigenvalue weighted by Gasteiger charge is 2.24. The van der Waals surface area contributed by atoms with Crippen molar-refractivity contribution in [3.05, 3.63) is 32.6 Å². The first-order valence-electron chi connectivity index (χ1n) is 6.49. The average Bonchev–Trinajstić information content (AvgIpc) is 2.38. The van der Waals surface area contributed by atoms with Crippen LogP contribution in [0.1, 0.15) is 18.4 Å². The van der Waals surface area contributed by atoms with Crippen LogP contribution in [0.15, 0.2) is 15.8 Å². The Morgan fingerprint density at radius 3 is 2.70 bits per heavy atom. The van der Waals surface area contributed by atoms with Crippen LogP contribution in [0.4, 0.5) is 0 Å². The van der Waals surface area contributed by atoms with E-state index in [1.54, 1.807) is 7.05 Å². The maximum absolute atomic E-state index is 11.9. The Morgan fingerprint density at radius 2 is 2.05 bits per heavy atom. The van der Waals surface area contributed by atoms with Gasteiger partial charge in [0.25, 0.3) is 5.56 Å². The van der Waals surface area contributed by atoms with Crippen LogP contribution in [0.3, 0.4) is 0 Å². The summed E-state index contributed by atoms with van der Waals surface area (Å²) in [4.78, 5) is 23.5. The third-order valence-corrected chi connectivity index (χ3v) is 5.38. The van der Waals surface area contributed by atoms with Crippen molar-refractivity contribution < 1.29 is 8.42 Å². The van der Waals surface area contributed by atoms with E-state index in [2.05, 4.69) is 5.32 Å². The molecular weight excluding hydrogens is 282 g/mol. The van der Waals surface area contributed by atoms with Crippen LogP contribution in [0.5, 0.6) is 0 Å². The summed E-state index contributed by atoms with van der Waals surface area (Å²) in [6.07, 6.45) is 2.92. The molecule has 1 aromatic rings. The fraction of sp³-hybridized carbons (Fsp3) is 0.667. The van der Waals surface area contributed by atoms with Crippen molar-refractivity contribution in [3.8, 4) is 0 Å². The van der Waals surface area contributed by atoms with Crippen LogP contribution in [-0.4, -0.2) is 35.1 Å². The normalized spacial score (nSPS) is 21.8. The quantitative estimate of drug-likeness (QED) is 0.753. The minimum Gasteiger partial charge on any atom is -0.309 e. The molecule has 0 amide bonds. The lowest BCUT2D eigenvalue weighted by Gasteiger charge is -2.23. The zero-order chi connectivity index (χ0) is 14.9. The SMILES string of the molecule is Cn1cc(CNC2CCCS(=O)(=O)C2)c(=O)n(C)c1=O. The predicted octanol–water partition coefficient (Wildman–Crippen LogP) is -1.25. The van der Waals surface area contributed by atoms with Gasteiger partial charge >= 0.3 is 5.69 Å². The molecule has 0 aliphatic carbocycles. The number of rotatable bonds is 3. The standard InChI is InChI=1S/C12H19N3O4S/c1-14-7-9(11(16)15(2)12(14)17)6-13-10-4-3-5-20(18,19)8-10/h7,10,13H,3-6,8H2,1-2H3. The van der Waals surface area contributed by atoms with Gasteiger partial charge in [-0.15, -0.1) is 0 Å². The van der Waals surface area contributed by atoms with E-state index in [1.807, 2.05) is 0 Å². The molecular formula is C12H19N3O4S. The molecule has 0 saturated carbocycles. The molecule has 1 unspecified atom stereocenters. The zero-order valence-electron chi connectivity index (χ0n) is 11.6. The lowest BCUT2D eigenvalue weighted by molar-refractivity contribution is 0.476. The molecule has 7 nitrogen and oxygen atoms in total. The Bertz CT molecular complexity index is 717. The highest BCUT2D eigenvalue weighted by molar-refractivity contribution is 7.91. The minimum absolute atomic E-state index is 0.110. The third-order valence-electron chi connectivity index (χ3n) is 3.56. The lowest BCUT2D eigenvalue weighted by Crippen LogP contribution is -2.43. The molecule has 1 N–H and O–H groups in total. The van der Waals surface area contributed by atoms with E-state index in [4.69, 9.17) is 0 Å². The van der Waals surface area contributed by atoms with Crippen LogP contribution in [0.25, 0.3) is 0 Å². The average molecular weight is 301 g/mol. The largest absolute Gasteiger partial charge is 0.330 e. The van der Waals surface area contributed by atoms with Gasteiger partial charge in [0.15, 0.2) is 9.84 Å². The zero-order valence-corrected chi connectivity index (χ0v) is 12.4. The monoisotopic (exact) mass is 301 g/mol. The van der Waals surface area contributed by atoms with Gasteiger partial charge in [0.05, 0.1) is 11.5 Å². The Hall–Kier alpha value is -1.41. The van der Waals surface area contributed by atoms with Crippen LogP contribution in [0, 0.1) is 0 Å². The maximum atomic E-state index is 11.9. The van der Waals surface area contributed by atoms with Crippen LogP contribution >= 0.6 is 0 Å². The Kier molecular flexibility index (Phi) is 4.14. The van der Waals surface area contributed by atoms with Gasteiger partial charge in [-0.2, -0.15) is 0 Å². The topological polar surface area (TPSA) is 90.2 Å². The summed E-state index contributed by atoms with van der Waals surface area (Å²) >= 11 is 0. The van der Waals surface area contributed by atoms with Crippen molar-refractivity contribution >= 4 is 9.84 Å². The second-order valence-electron chi connectivity index (χ2n) is 5.25. The number of hydrogen-bond acceptors (Lipinski definition) is 5. The van der Waals surface area contributed by atoms with E-state index in [0.717, 1.165) is 11.0 Å². The molecule has 8 heteroatoms. The fourth-order valence-electron chi connectivity index (χ4n) is 2.44. The molecule has 2 heterocycles. The molecule has 0 spiro atoms. The molecule has 1 aromatic heterocycles. The molecule has 1 saturated heterocycles. The van der Waals surface area contributed by atoms with Crippen LogP contribution in [0.2, 0.25) is 0 Å². The number of sulfone groups is 1. The second-order valence-corrected chi connectivity index (χ2v) is 7.48. The molecule has 0 radical (unpaired) electrons. The molecule has 1 fully saturated rings. The number of aryl methyl sites for hydroxylation is 1. The number of hydrogen-bond donors (Lipinski definition) is 1. The summed E-state index contributed by atoms with van der Waals surface area (Å²) < 4.78 is 25.5. The van der Waals surface area contributed by atoms with Gasteiger partial charge in [-0.05, 0) is 12.8 Å². The van der Waals surface area contributed by atoms with Gasteiger partial charge in [-0.25, -0.2) is 13.2 Å². The van der Waals surface area contributed by atoms with Gasteiger partial charge < -0.3 is 9.88 Å². The second kappa shape index (κ2) is 5.53.